The van der Waals surface area contributed by atoms with E-state index in [1.54, 1.807) is 11.8 Å². The molecule has 0 unspecified atom stereocenters. The molecule has 1 amide bonds. The third-order valence-electron chi connectivity index (χ3n) is 3.27. The zero-order valence-electron chi connectivity index (χ0n) is 12.0. The van der Waals surface area contributed by atoms with Crippen LogP contribution in [0.5, 0.6) is 0 Å². The number of hydrogen-bond donors (Lipinski definition) is 1. The molecule has 0 atom stereocenters. The van der Waals surface area contributed by atoms with Gasteiger partial charge in [-0.05, 0) is 43.5 Å². The fourth-order valence-corrected chi connectivity index (χ4v) is 3.61. The number of carbonyl (C=O) groups excluding carboxylic acids is 1. The first-order chi connectivity index (χ1) is 10.1. The molecule has 0 spiro atoms. The number of nitrogens with one attached hydrogen (secondary N) is 1. The second-order valence-corrected chi connectivity index (χ2v) is 6.63. The maximum atomic E-state index is 12.3. The van der Waals surface area contributed by atoms with Crippen molar-refractivity contribution in [1.29, 1.82) is 0 Å². The maximum Gasteiger partial charge on any atom is 0.265 e. The number of thioether (sulfide) groups is 1. The summed E-state index contributed by atoms with van der Waals surface area (Å²) in [5.41, 5.74) is 1.76. The molecule has 3 aromatic rings. The molecule has 0 aliphatic heterocycles. The van der Waals surface area contributed by atoms with Crippen molar-refractivity contribution in [2.75, 3.05) is 11.6 Å². The molecule has 0 radical (unpaired) electrons. The second kappa shape index (κ2) is 5.54. The number of amides is 1. The van der Waals surface area contributed by atoms with Gasteiger partial charge in [0.2, 0.25) is 0 Å². The Labute approximate surface area is 131 Å². The zero-order chi connectivity index (χ0) is 15.0. The van der Waals surface area contributed by atoms with Crippen LogP contribution in [0.3, 0.4) is 0 Å². The van der Waals surface area contributed by atoms with Gasteiger partial charge in [-0.25, -0.2) is 0 Å². The Kier molecular flexibility index (Phi) is 3.73. The monoisotopic (exact) mass is 317 g/mol. The molecule has 4 nitrogen and oxygen atoms in total. The fraction of sp³-hybridized carbons (Fsp3) is 0.200. The third kappa shape index (κ3) is 2.69. The van der Waals surface area contributed by atoms with Crippen LogP contribution in [0.15, 0.2) is 35.2 Å². The maximum absolute atomic E-state index is 12.3. The summed E-state index contributed by atoms with van der Waals surface area (Å²) in [5, 5.41) is 8.33. The van der Waals surface area contributed by atoms with Gasteiger partial charge in [-0.2, -0.15) is 5.10 Å². The van der Waals surface area contributed by atoms with Crippen molar-refractivity contribution in [1.82, 2.24) is 9.78 Å². The Hall–Kier alpha value is -1.79. The highest BCUT2D eigenvalue weighted by Gasteiger charge is 2.15. The van der Waals surface area contributed by atoms with Gasteiger partial charge in [-0.1, -0.05) is 0 Å². The number of fused-ring (bicyclic) bond motifs is 1. The van der Waals surface area contributed by atoms with Gasteiger partial charge in [0.15, 0.2) is 0 Å². The van der Waals surface area contributed by atoms with Crippen LogP contribution in [0.25, 0.3) is 10.2 Å². The van der Waals surface area contributed by atoms with Gasteiger partial charge >= 0.3 is 0 Å². The van der Waals surface area contributed by atoms with Crippen LogP contribution in [0.4, 0.5) is 5.69 Å². The molecule has 0 aliphatic rings. The molecule has 0 aliphatic carbocycles. The van der Waals surface area contributed by atoms with E-state index in [1.165, 1.54) is 16.2 Å². The molecule has 3 rings (SSSR count). The Balaban J connectivity index is 1.84. The number of aromatic nitrogens is 2. The van der Waals surface area contributed by atoms with Gasteiger partial charge in [0.25, 0.3) is 5.91 Å². The number of benzene rings is 1. The highest BCUT2D eigenvalue weighted by molar-refractivity contribution is 7.98. The van der Waals surface area contributed by atoms with E-state index in [0.717, 1.165) is 21.6 Å². The van der Waals surface area contributed by atoms with Gasteiger partial charge in [-0.3, -0.25) is 9.48 Å². The third-order valence-corrected chi connectivity index (χ3v) is 5.21. The van der Waals surface area contributed by atoms with Crippen molar-refractivity contribution >= 4 is 44.9 Å². The molecule has 2 aromatic heterocycles. The lowest BCUT2D eigenvalue weighted by molar-refractivity contribution is 0.103. The van der Waals surface area contributed by atoms with Gasteiger partial charge in [0.05, 0.1) is 10.6 Å². The average Bonchev–Trinajstić information content (AvgIpc) is 3.02. The molecule has 0 bridgehead atoms. The predicted octanol–water partition coefficient (Wildman–Crippen LogP) is 3.92. The summed E-state index contributed by atoms with van der Waals surface area (Å²) in [7, 11) is 1.90. The molecule has 21 heavy (non-hydrogen) atoms. The largest absolute Gasteiger partial charge is 0.321 e. The predicted molar refractivity (Wildman–Crippen MR) is 89.5 cm³/mol. The molecule has 0 saturated heterocycles. The SMILES string of the molecule is CSc1ccc(NC(=O)c2cc3c(C)nn(C)c3s2)cc1. The Bertz CT molecular complexity index is 768. The van der Waals surface area contributed by atoms with Crippen LogP contribution >= 0.6 is 23.1 Å². The Morgan fingerprint density at radius 1 is 1.33 bits per heavy atom. The highest BCUT2D eigenvalue weighted by atomic mass is 32.2. The molecule has 0 saturated carbocycles. The first kappa shape index (κ1) is 14.2. The number of nitrogens with zero attached hydrogens (tertiary/aromatic N) is 2. The molecular formula is C15H15N3OS2. The highest BCUT2D eigenvalue weighted by Crippen LogP contribution is 2.28. The summed E-state index contributed by atoms with van der Waals surface area (Å²) in [6, 6.07) is 9.75. The number of hydrogen-bond acceptors (Lipinski definition) is 4. The smallest absolute Gasteiger partial charge is 0.265 e. The average molecular weight is 317 g/mol. The normalized spacial score (nSPS) is 11.0. The van der Waals surface area contributed by atoms with Gasteiger partial charge in [0.1, 0.15) is 4.83 Å². The summed E-state index contributed by atoms with van der Waals surface area (Å²) < 4.78 is 1.82. The quantitative estimate of drug-likeness (QED) is 0.745. The zero-order valence-corrected chi connectivity index (χ0v) is 13.6. The van der Waals surface area contributed by atoms with E-state index in [1.807, 2.05) is 55.2 Å². The summed E-state index contributed by atoms with van der Waals surface area (Å²) in [6.07, 6.45) is 2.03. The number of aryl methyl sites for hydroxylation is 2. The van der Waals surface area contributed by atoms with E-state index in [2.05, 4.69) is 10.4 Å². The van der Waals surface area contributed by atoms with E-state index in [0.29, 0.717) is 4.88 Å². The number of carbonyl (C=O) groups is 1. The molecule has 2 heterocycles. The van der Waals surface area contributed by atoms with Crippen LogP contribution in [0.2, 0.25) is 0 Å². The van der Waals surface area contributed by atoms with Gasteiger partial charge in [-0.15, -0.1) is 23.1 Å². The first-order valence-corrected chi connectivity index (χ1v) is 8.51. The van der Waals surface area contributed by atoms with E-state index in [-0.39, 0.29) is 5.91 Å². The lowest BCUT2D eigenvalue weighted by Gasteiger charge is -2.04. The van der Waals surface area contributed by atoms with Crippen molar-refractivity contribution < 1.29 is 4.79 Å². The minimum atomic E-state index is -0.0764. The van der Waals surface area contributed by atoms with E-state index >= 15 is 0 Å². The first-order valence-electron chi connectivity index (χ1n) is 6.47. The van der Waals surface area contributed by atoms with Crippen LogP contribution in [0.1, 0.15) is 15.4 Å². The second-order valence-electron chi connectivity index (χ2n) is 4.72. The van der Waals surface area contributed by atoms with E-state index in [4.69, 9.17) is 0 Å². The van der Waals surface area contributed by atoms with Crippen molar-refractivity contribution in [2.24, 2.45) is 7.05 Å². The number of thiophene rings is 1. The molecule has 1 aromatic carbocycles. The number of rotatable bonds is 3. The Morgan fingerprint density at radius 2 is 2.05 bits per heavy atom. The van der Waals surface area contributed by atoms with E-state index in [9.17, 15) is 4.79 Å². The summed E-state index contributed by atoms with van der Waals surface area (Å²) in [5.74, 6) is -0.0764. The standard InChI is InChI=1S/C15H15N3OS2/c1-9-12-8-13(21-15(12)18(2)17-9)14(19)16-10-4-6-11(20-3)7-5-10/h4-8H,1-3H3,(H,16,19). The fourth-order valence-electron chi connectivity index (χ4n) is 2.18. The van der Waals surface area contributed by atoms with Crippen molar-refractivity contribution in [2.45, 2.75) is 11.8 Å². The van der Waals surface area contributed by atoms with Crippen molar-refractivity contribution in [3.8, 4) is 0 Å². The lowest BCUT2D eigenvalue weighted by Crippen LogP contribution is -2.09. The lowest BCUT2D eigenvalue weighted by atomic mass is 10.3. The minimum Gasteiger partial charge on any atom is -0.321 e. The van der Waals surface area contributed by atoms with Crippen molar-refractivity contribution in [3.05, 3.63) is 40.9 Å². The molecular weight excluding hydrogens is 302 g/mol. The summed E-state index contributed by atoms with van der Waals surface area (Å²) in [6.45, 7) is 1.96. The van der Waals surface area contributed by atoms with E-state index < -0.39 is 0 Å². The van der Waals surface area contributed by atoms with Gasteiger partial charge < -0.3 is 5.32 Å². The summed E-state index contributed by atoms with van der Waals surface area (Å²) >= 11 is 3.14. The van der Waals surface area contributed by atoms with Crippen LogP contribution in [0, 0.1) is 6.92 Å². The Morgan fingerprint density at radius 3 is 2.67 bits per heavy atom. The van der Waals surface area contributed by atoms with Crippen LogP contribution < -0.4 is 5.32 Å². The van der Waals surface area contributed by atoms with Crippen molar-refractivity contribution in [3.63, 3.8) is 0 Å². The van der Waals surface area contributed by atoms with Crippen LogP contribution in [-0.4, -0.2) is 21.9 Å². The molecule has 0 fully saturated rings. The number of anilines is 1. The minimum absolute atomic E-state index is 0.0764. The molecule has 1 N–H and O–H groups in total. The van der Waals surface area contributed by atoms with Crippen LogP contribution in [-0.2, 0) is 7.05 Å². The molecule has 108 valence electrons. The van der Waals surface area contributed by atoms with Gasteiger partial charge in [0, 0.05) is 23.0 Å². The topological polar surface area (TPSA) is 46.9 Å². The summed E-state index contributed by atoms with van der Waals surface area (Å²) in [4.78, 5) is 15.2. The molecule has 6 heteroatoms.